The molecule has 20 heavy (non-hydrogen) atoms. The molecule has 106 valence electrons. The molecule has 0 saturated heterocycles. The SMILES string of the molecule is C[C@H](NCCOc1cccc(C(=O)O)c1)c1cccs1. The monoisotopic (exact) mass is 291 g/mol. The van der Waals surface area contributed by atoms with Gasteiger partial charge in [-0.05, 0) is 36.6 Å². The van der Waals surface area contributed by atoms with Crippen molar-refractivity contribution >= 4 is 17.3 Å². The predicted octanol–water partition coefficient (Wildman–Crippen LogP) is 3.18. The molecule has 0 saturated carbocycles. The maximum Gasteiger partial charge on any atom is 0.335 e. The van der Waals surface area contributed by atoms with Crippen LogP contribution in [0.15, 0.2) is 41.8 Å². The summed E-state index contributed by atoms with van der Waals surface area (Å²) in [5, 5.41) is 14.3. The van der Waals surface area contributed by atoms with Gasteiger partial charge in [-0.25, -0.2) is 4.79 Å². The average molecular weight is 291 g/mol. The summed E-state index contributed by atoms with van der Waals surface area (Å²) in [5.41, 5.74) is 0.238. The molecule has 0 aliphatic carbocycles. The molecule has 0 radical (unpaired) electrons. The van der Waals surface area contributed by atoms with Crippen LogP contribution >= 0.6 is 11.3 Å². The minimum Gasteiger partial charge on any atom is -0.492 e. The summed E-state index contributed by atoms with van der Waals surface area (Å²) in [6.07, 6.45) is 0. The fraction of sp³-hybridized carbons (Fsp3) is 0.267. The molecular formula is C15H17NO3S. The fourth-order valence-corrected chi connectivity index (χ4v) is 2.56. The van der Waals surface area contributed by atoms with E-state index in [0.717, 1.165) is 0 Å². The van der Waals surface area contributed by atoms with E-state index in [4.69, 9.17) is 9.84 Å². The summed E-state index contributed by atoms with van der Waals surface area (Å²) in [4.78, 5) is 12.1. The first-order valence-electron chi connectivity index (χ1n) is 6.40. The van der Waals surface area contributed by atoms with E-state index in [0.29, 0.717) is 24.9 Å². The van der Waals surface area contributed by atoms with E-state index >= 15 is 0 Å². The van der Waals surface area contributed by atoms with Crippen LogP contribution in [0.5, 0.6) is 5.75 Å². The maximum absolute atomic E-state index is 10.8. The number of carboxylic acid groups (broad SMARTS) is 1. The van der Waals surface area contributed by atoms with Crippen molar-refractivity contribution in [3.05, 3.63) is 52.2 Å². The number of benzene rings is 1. The standard InChI is InChI=1S/C15H17NO3S/c1-11(14-6-3-9-20-14)16-7-8-19-13-5-2-4-12(10-13)15(17)18/h2-6,9-11,16H,7-8H2,1H3,(H,17,18)/t11-/m0/s1. The Kier molecular flexibility index (Phi) is 5.15. The second kappa shape index (κ2) is 7.07. The smallest absolute Gasteiger partial charge is 0.335 e. The molecule has 1 atom stereocenters. The van der Waals surface area contributed by atoms with E-state index in [1.165, 1.54) is 10.9 Å². The highest BCUT2D eigenvalue weighted by atomic mass is 32.1. The third kappa shape index (κ3) is 4.08. The molecule has 2 rings (SSSR count). The summed E-state index contributed by atoms with van der Waals surface area (Å²) in [7, 11) is 0. The summed E-state index contributed by atoms with van der Waals surface area (Å²) < 4.78 is 5.54. The Morgan fingerprint density at radius 3 is 2.95 bits per heavy atom. The van der Waals surface area contributed by atoms with E-state index in [9.17, 15) is 4.79 Å². The van der Waals surface area contributed by atoms with Crippen molar-refractivity contribution in [2.45, 2.75) is 13.0 Å². The van der Waals surface area contributed by atoms with Gasteiger partial charge >= 0.3 is 5.97 Å². The molecule has 0 unspecified atom stereocenters. The first kappa shape index (κ1) is 14.6. The molecule has 2 aromatic rings. The van der Waals surface area contributed by atoms with Gasteiger partial charge in [0.25, 0.3) is 0 Å². The van der Waals surface area contributed by atoms with Crippen LogP contribution in [0.4, 0.5) is 0 Å². The number of aromatic carboxylic acids is 1. The zero-order valence-corrected chi connectivity index (χ0v) is 12.0. The minimum atomic E-state index is -0.945. The molecular weight excluding hydrogens is 274 g/mol. The molecule has 5 heteroatoms. The highest BCUT2D eigenvalue weighted by molar-refractivity contribution is 7.10. The molecule has 1 aromatic heterocycles. The molecule has 0 aliphatic heterocycles. The topological polar surface area (TPSA) is 58.6 Å². The Labute approximate surface area is 122 Å². The lowest BCUT2D eigenvalue weighted by Gasteiger charge is -2.12. The van der Waals surface area contributed by atoms with E-state index in [-0.39, 0.29) is 5.56 Å². The van der Waals surface area contributed by atoms with E-state index in [1.54, 1.807) is 29.5 Å². The summed E-state index contributed by atoms with van der Waals surface area (Å²) in [6, 6.07) is 10.9. The van der Waals surface area contributed by atoms with Gasteiger partial charge in [-0.15, -0.1) is 11.3 Å². The van der Waals surface area contributed by atoms with Gasteiger partial charge in [0.05, 0.1) is 5.56 Å². The highest BCUT2D eigenvalue weighted by Gasteiger charge is 2.06. The number of hydrogen-bond acceptors (Lipinski definition) is 4. The Morgan fingerprint density at radius 1 is 1.40 bits per heavy atom. The number of nitrogens with one attached hydrogen (secondary N) is 1. The van der Waals surface area contributed by atoms with Crippen LogP contribution in [0.3, 0.4) is 0 Å². The molecule has 0 spiro atoms. The Balaban J connectivity index is 1.76. The van der Waals surface area contributed by atoms with Crippen LogP contribution in [0.2, 0.25) is 0 Å². The number of rotatable bonds is 7. The van der Waals surface area contributed by atoms with Gasteiger partial charge in [-0.2, -0.15) is 0 Å². The Hall–Kier alpha value is -1.85. The van der Waals surface area contributed by atoms with Crippen molar-refractivity contribution in [1.82, 2.24) is 5.32 Å². The van der Waals surface area contributed by atoms with Crippen molar-refractivity contribution < 1.29 is 14.6 Å². The zero-order chi connectivity index (χ0) is 14.4. The van der Waals surface area contributed by atoms with Gasteiger partial charge in [0.15, 0.2) is 0 Å². The van der Waals surface area contributed by atoms with Crippen molar-refractivity contribution in [3.8, 4) is 5.75 Å². The third-order valence-electron chi connectivity index (χ3n) is 2.87. The molecule has 0 fully saturated rings. The lowest BCUT2D eigenvalue weighted by Crippen LogP contribution is -2.23. The van der Waals surface area contributed by atoms with Gasteiger partial charge in [-0.1, -0.05) is 12.1 Å². The third-order valence-corrected chi connectivity index (χ3v) is 3.93. The van der Waals surface area contributed by atoms with Crippen molar-refractivity contribution in [2.75, 3.05) is 13.2 Å². The van der Waals surface area contributed by atoms with Crippen molar-refractivity contribution in [2.24, 2.45) is 0 Å². The lowest BCUT2D eigenvalue weighted by atomic mass is 10.2. The molecule has 1 aromatic carbocycles. The molecule has 0 amide bonds. The lowest BCUT2D eigenvalue weighted by molar-refractivity contribution is 0.0696. The predicted molar refractivity (Wildman–Crippen MR) is 79.6 cm³/mol. The van der Waals surface area contributed by atoms with Crippen LogP contribution < -0.4 is 10.1 Å². The number of carbonyl (C=O) groups is 1. The van der Waals surface area contributed by atoms with Crippen LogP contribution in [-0.2, 0) is 0 Å². The second-order valence-corrected chi connectivity index (χ2v) is 5.35. The first-order valence-corrected chi connectivity index (χ1v) is 7.27. The quantitative estimate of drug-likeness (QED) is 0.769. The minimum absolute atomic E-state index is 0.238. The normalized spacial score (nSPS) is 12.1. The van der Waals surface area contributed by atoms with E-state index < -0.39 is 5.97 Å². The zero-order valence-electron chi connectivity index (χ0n) is 11.2. The molecule has 0 bridgehead atoms. The first-order chi connectivity index (χ1) is 9.66. The van der Waals surface area contributed by atoms with Gasteiger partial charge < -0.3 is 15.2 Å². The summed E-state index contributed by atoms with van der Waals surface area (Å²) >= 11 is 1.72. The molecule has 2 N–H and O–H groups in total. The van der Waals surface area contributed by atoms with Gasteiger partial charge in [0.1, 0.15) is 12.4 Å². The molecule has 0 aliphatic rings. The summed E-state index contributed by atoms with van der Waals surface area (Å²) in [5.74, 6) is -0.365. The molecule has 4 nitrogen and oxygen atoms in total. The van der Waals surface area contributed by atoms with Gasteiger partial charge in [0, 0.05) is 17.5 Å². The largest absolute Gasteiger partial charge is 0.492 e. The van der Waals surface area contributed by atoms with Crippen LogP contribution in [0.25, 0.3) is 0 Å². The van der Waals surface area contributed by atoms with Crippen LogP contribution in [0, 0.1) is 0 Å². The fourth-order valence-electron chi connectivity index (χ4n) is 1.80. The van der Waals surface area contributed by atoms with Crippen LogP contribution in [0.1, 0.15) is 28.2 Å². The van der Waals surface area contributed by atoms with Crippen molar-refractivity contribution in [1.29, 1.82) is 0 Å². The highest BCUT2D eigenvalue weighted by Crippen LogP contribution is 2.18. The number of ether oxygens (including phenoxy) is 1. The number of thiophene rings is 1. The average Bonchev–Trinajstić information content (AvgIpc) is 2.98. The molecule has 1 heterocycles. The van der Waals surface area contributed by atoms with E-state index in [1.807, 2.05) is 6.07 Å². The maximum atomic E-state index is 10.8. The second-order valence-electron chi connectivity index (χ2n) is 4.37. The summed E-state index contributed by atoms with van der Waals surface area (Å²) in [6.45, 7) is 3.31. The van der Waals surface area contributed by atoms with Gasteiger partial charge in [0.2, 0.25) is 0 Å². The van der Waals surface area contributed by atoms with E-state index in [2.05, 4.69) is 23.7 Å². The Bertz CT molecular complexity index is 554. The van der Waals surface area contributed by atoms with Crippen molar-refractivity contribution in [3.63, 3.8) is 0 Å². The number of hydrogen-bond donors (Lipinski definition) is 2. The van der Waals surface area contributed by atoms with Crippen LogP contribution in [-0.4, -0.2) is 24.2 Å². The number of carboxylic acids is 1. The Morgan fingerprint density at radius 2 is 2.25 bits per heavy atom. The van der Waals surface area contributed by atoms with Gasteiger partial charge in [-0.3, -0.25) is 0 Å².